The normalized spacial score (nSPS) is 24.6. The van der Waals surface area contributed by atoms with Gasteiger partial charge in [0, 0.05) is 24.7 Å². The van der Waals surface area contributed by atoms with Gasteiger partial charge in [0.2, 0.25) is 0 Å². The zero-order valence-electron chi connectivity index (χ0n) is 24.3. The average molecular weight is 553 g/mol. The maximum atomic E-state index is 12.6. The monoisotopic (exact) mass is 552 g/mol. The summed E-state index contributed by atoms with van der Waals surface area (Å²) >= 11 is 0. The minimum atomic E-state index is -1.20. The van der Waals surface area contributed by atoms with Crippen molar-refractivity contribution in [3.8, 4) is 11.5 Å². The first-order valence-electron chi connectivity index (χ1n) is 14.0. The van der Waals surface area contributed by atoms with E-state index in [2.05, 4.69) is 13.0 Å². The van der Waals surface area contributed by atoms with Crippen molar-refractivity contribution in [3.05, 3.63) is 58.7 Å². The number of benzene rings is 2. The maximum Gasteiger partial charge on any atom is 0.324 e. The smallest absolute Gasteiger partial charge is 0.324 e. The molecule has 2 atom stereocenters. The molecule has 1 fully saturated rings. The summed E-state index contributed by atoms with van der Waals surface area (Å²) in [7, 11) is 3.25. The number of carbonyl (C=O) groups is 3. The van der Waals surface area contributed by atoms with Crippen LogP contribution in [0.3, 0.4) is 0 Å². The van der Waals surface area contributed by atoms with E-state index in [1.165, 1.54) is 11.1 Å². The summed E-state index contributed by atoms with van der Waals surface area (Å²) in [5.74, 6) is -2.30. The van der Waals surface area contributed by atoms with Crippen molar-refractivity contribution in [3.63, 3.8) is 0 Å². The van der Waals surface area contributed by atoms with Gasteiger partial charge in [0.05, 0.1) is 20.6 Å². The van der Waals surface area contributed by atoms with Gasteiger partial charge in [-0.1, -0.05) is 26.0 Å². The lowest BCUT2D eigenvalue weighted by Gasteiger charge is -2.41. The molecule has 0 aromatic heterocycles. The first kappa shape index (κ1) is 29.4. The Morgan fingerprint density at radius 2 is 1.40 bits per heavy atom. The summed E-state index contributed by atoms with van der Waals surface area (Å²) in [5, 5.41) is 9.09. The van der Waals surface area contributed by atoms with Crippen molar-refractivity contribution >= 4 is 17.9 Å². The minimum Gasteiger partial charge on any atom is -0.497 e. The van der Waals surface area contributed by atoms with E-state index >= 15 is 0 Å². The van der Waals surface area contributed by atoms with Crippen molar-refractivity contribution in [2.24, 2.45) is 5.92 Å². The topological polar surface area (TPSA) is 108 Å². The Balaban J connectivity index is 0.000000194. The van der Waals surface area contributed by atoms with E-state index in [1.54, 1.807) is 28.1 Å². The number of carboxylic acid groups (broad SMARTS) is 1. The largest absolute Gasteiger partial charge is 0.497 e. The highest BCUT2D eigenvalue weighted by atomic mass is 16.7. The van der Waals surface area contributed by atoms with Crippen LogP contribution in [-0.4, -0.2) is 43.0 Å². The highest BCUT2D eigenvalue weighted by Crippen LogP contribution is 2.50. The SMILES string of the molecule is CCC1(C2C(=O)OC(C)(C)OC2=O)CCc2ccc(OC)cc21.CCC1(CC(=O)O)CCc2ccc(OC)cc21. The van der Waals surface area contributed by atoms with Crippen molar-refractivity contribution in [2.75, 3.05) is 14.2 Å². The number of carbonyl (C=O) groups excluding carboxylic acids is 2. The number of cyclic esters (lactones) is 2. The summed E-state index contributed by atoms with van der Waals surface area (Å²) < 4.78 is 21.3. The number of hydrogen-bond acceptors (Lipinski definition) is 7. The van der Waals surface area contributed by atoms with Crippen LogP contribution in [0.25, 0.3) is 0 Å². The molecule has 216 valence electrons. The van der Waals surface area contributed by atoms with Crippen LogP contribution in [0.1, 0.15) is 82.1 Å². The van der Waals surface area contributed by atoms with Gasteiger partial charge >= 0.3 is 17.9 Å². The summed E-state index contributed by atoms with van der Waals surface area (Å²) in [6.45, 7) is 7.21. The highest BCUT2D eigenvalue weighted by molar-refractivity contribution is 5.99. The number of fused-ring (bicyclic) bond motifs is 2. The molecule has 0 saturated carbocycles. The lowest BCUT2D eigenvalue weighted by Crippen LogP contribution is -2.53. The Kier molecular flexibility index (Phi) is 8.20. The Hall–Kier alpha value is -3.55. The molecule has 8 nitrogen and oxygen atoms in total. The summed E-state index contributed by atoms with van der Waals surface area (Å²) in [4.78, 5) is 36.2. The van der Waals surface area contributed by atoms with Gasteiger partial charge in [0.25, 0.3) is 5.79 Å². The second-order valence-corrected chi connectivity index (χ2v) is 11.4. The molecular weight excluding hydrogens is 512 g/mol. The molecule has 1 aliphatic heterocycles. The van der Waals surface area contributed by atoms with Crippen LogP contribution in [0.15, 0.2) is 36.4 Å². The fourth-order valence-electron chi connectivity index (χ4n) is 6.77. The van der Waals surface area contributed by atoms with Gasteiger partial charge in [-0.25, -0.2) is 0 Å². The van der Waals surface area contributed by atoms with Gasteiger partial charge in [-0.15, -0.1) is 0 Å². The van der Waals surface area contributed by atoms with Crippen molar-refractivity contribution < 1.29 is 38.4 Å². The van der Waals surface area contributed by atoms with E-state index in [-0.39, 0.29) is 11.8 Å². The number of methoxy groups -OCH3 is 2. The number of esters is 2. The van der Waals surface area contributed by atoms with Crippen molar-refractivity contribution in [2.45, 2.75) is 89.3 Å². The fourth-order valence-corrected chi connectivity index (χ4v) is 6.77. The number of hydrogen-bond donors (Lipinski definition) is 1. The molecule has 40 heavy (non-hydrogen) atoms. The van der Waals surface area contributed by atoms with Gasteiger partial charge in [0.1, 0.15) is 11.5 Å². The molecule has 0 radical (unpaired) electrons. The second-order valence-electron chi connectivity index (χ2n) is 11.4. The number of ether oxygens (including phenoxy) is 4. The van der Waals surface area contributed by atoms with Crippen LogP contribution in [0.2, 0.25) is 0 Å². The second kappa shape index (κ2) is 11.1. The van der Waals surface area contributed by atoms with Crippen LogP contribution in [0, 0.1) is 5.92 Å². The molecule has 0 spiro atoms. The Morgan fingerprint density at radius 3 is 1.90 bits per heavy atom. The predicted molar refractivity (Wildman–Crippen MR) is 149 cm³/mol. The molecule has 0 amide bonds. The lowest BCUT2D eigenvalue weighted by molar-refractivity contribution is -0.243. The van der Waals surface area contributed by atoms with Gasteiger partial charge in [-0.3, -0.25) is 14.4 Å². The van der Waals surface area contributed by atoms with Crippen LogP contribution in [-0.2, 0) is 47.5 Å². The average Bonchev–Trinajstić information content (AvgIpc) is 3.46. The molecule has 8 heteroatoms. The van der Waals surface area contributed by atoms with Gasteiger partial charge in [-0.2, -0.15) is 0 Å². The molecule has 1 heterocycles. The Bertz CT molecular complexity index is 1280. The van der Waals surface area contributed by atoms with Crippen LogP contribution >= 0.6 is 0 Å². The molecule has 2 aromatic rings. The van der Waals surface area contributed by atoms with Gasteiger partial charge in [-0.05, 0) is 85.0 Å². The van der Waals surface area contributed by atoms with Gasteiger partial charge < -0.3 is 24.1 Å². The quantitative estimate of drug-likeness (QED) is 0.354. The predicted octanol–water partition coefficient (Wildman–Crippen LogP) is 5.51. The molecule has 5 rings (SSSR count). The molecular formula is C32H40O8. The molecule has 2 unspecified atom stereocenters. The first-order valence-corrected chi connectivity index (χ1v) is 14.0. The molecule has 0 bridgehead atoms. The number of rotatable bonds is 7. The summed E-state index contributed by atoms with van der Waals surface area (Å²) in [5.41, 5.74) is 3.80. The van der Waals surface area contributed by atoms with Crippen LogP contribution in [0.5, 0.6) is 11.5 Å². The number of aliphatic carboxylic acids is 1. The van der Waals surface area contributed by atoms with E-state index in [0.717, 1.165) is 54.7 Å². The van der Waals surface area contributed by atoms with E-state index in [1.807, 2.05) is 37.3 Å². The fraction of sp³-hybridized carbons (Fsp3) is 0.531. The third-order valence-electron chi connectivity index (χ3n) is 8.97. The first-order chi connectivity index (χ1) is 18.9. The molecule has 2 aromatic carbocycles. The third-order valence-corrected chi connectivity index (χ3v) is 8.97. The lowest BCUT2D eigenvalue weighted by atomic mass is 9.68. The van der Waals surface area contributed by atoms with E-state index in [9.17, 15) is 14.4 Å². The van der Waals surface area contributed by atoms with Crippen LogP contribution < -0.4 is 9.47 Å². The minimum absolute atomic E-state index is 0.199. The van der Waals surface area contributed by atoms with Gasteiger partial charge in [0.15, 0.2) is 5.92 Å². The zero-order valence-corrected chi connectivity index (χ0v) is 24.3. The summed E-state index contributed by atoms with van der Waals surface area (Å²) in [6, 6.07) is 11.9. The Morgan fingerprint density at radius 1 is 0.875 bits per heavy atom. The van der Waals surface area contributed by atoms with E-state index in [0.29, 0.717) is 6.42 Å². The number of carboxylic acids is 1. The standard InChI is InChI=1S/C18H22O5.C14H18O3/c1-5-18(14-15(19)22-17(2,3)23-16(14)20)9-8-11-6-7-12(21-4)10-13(11)18;1-3-14(9-13(15)16)7-6-10-4-5-11(17-2)8-12(10)14/h6-7,10,14H,5,8-9H2,1-4H3;4-5,8H,3,6-7,9H2,1-2H3,(H,15,16). The molecule has 3 aliphatic rings. The molecule has 2 aliphatic carbocycles. The van der Waals surface area contributed by atoms with E-state index in [4.69, 9.17) is 24.1 Å². The van der Waals surface area contributed by atoms with E-state index < -0.39 is 35.0 Å². The Labute approximate surface area is 236 Å². The highest BCUT2D eigenvalue weighted by Gasteiger charge is 2.56. The molecule has 1 N–H and O–H groups in total. The van der Waals surface area contributed by atoms with Crippen molar-refractivity contribution in [1.82, 2.24) is 0 Å². The van der Waals surface area contributed by atoms with Crippen molar-refractivity contribution in [1.29, 1.82) is 0 Å². The zero-order chi connectivity index (χ0) is 29.3. The maximum absolute atomic E-state index is 12.6. The number of aryl methyl sites for hydroxylation is 2. The summed E-state index contributed by atoms with van der Waals surface area (Å²) in [6.07, 6.45) is 5.18. The third kappa shape index (κ3) is 5.28. The molecule has 1 saturated heterocycles. The van der Waals surface area contributed by atoms with Crippen LogP contribution in [0.4, 0.5) is 0 Å².